The van der Waals surface area contributed by atoms with Crippen LogP contribution >= 0.6 is 24.0 Å². The molecule has 1 rings (SSSR count). The van der Waals surface area contributed by atoms with Crippen molar-refractivity contribution >= 4 is 40.0 Å². The maximum Gasteiger partial charge on any atom is 0.209 e. The summed E-state index contributed by atoms with van der Waals surface area (Å²) in [5, 5.41) is 16.0. The van der Waals surface area contributed by atoms with Crippen molar-refractivity contribution < 1.29 is 13.5 Å². The van der Waals surface area contributed by atoms with Crippen molar-refractivity contribution in [2.75, 3.05) is 32.5 Å². The van der Waals surface area contributed by atoms with Gasteiger partial charge in [0.15, 0.2) is 5.96 Å². The summed E-state index contributed by atoms with van der Waals surface area (Å²) in [6, 6.07) is 9.78. The lowest BCUT2D eigenvalue weighted by molar-refractivity contribution is 0.265. The summed E-state index contributed by atoms with van der Waals surface area (Å²) in [5.74, 6) is 0.535. The summed E-state index contributed by atoms with van der Waals surface area (Å²) in [6.07, 6.45) is 1.13. The molecule has 26 heavy (non-hydrogen) atoms. The molecule has 150 valence electrons. The first-order valence-electron chi connectivity index (χ1n) is 8.34. The van der Waals surface area contributed by atoms with E-state index in [0.29, 0.717) is 19.0 Å². The number of aliphatic hydroxyl groups is 1. The normalized spacial score (nSPS) is 13.7. The van der Waals surface area contributed by atoms with Crippen LogP contribution in [-0.4, -0.2) is 57.5 Å². The molecule has 0 saturated carbocycles. The minimum Gasteiger partial charge on any atom is -0.396 e. The molecule has 4 N–H and O–H groups in total. The molecule has 0 radical (unpaired) electrons. The third-order valence-corrected chi connectivity index (χ3v) is 4.37. The standard InChI is InChI=1S/C17H30N4O3S.HI/c1-5-18-16(20-13-17(2,3)21-25(4,23)24)19-11-15(12-22)14-9-7-6-8-10-14;/h6-10,15,21-22H,5,11-13H2,1-4H3,(H2,18,19,20);1H. The number of nitrogens with one attached hydrogen (secondary N) is 3. The zero-order chi connectivity index (χ0) is 18.9. The van der Waals surface area contributed by atoms with Gasteiger partial charge in [-0.05, 0) is 26.3 Å². The fourth-order valence-corrected chi connectivity index (χ4v) is 3.45. The Bertz CT molecular complexity index is 651. The van der Waals surface area contributed by atoms with Gasteiger partial charge < -0.3 is 15.7 Å². The van der Waals surface area contributed by atoms with Crippen LogP contribution in [0.3, 0.4) is 0 Å². The van der Waals surface area contributed by atoms with E-state index in [1.54, 1.807) is 13.8 Å². The lowest BCUT2D eigenvalue weighted by Gasteiger charge is -2.24. The van der Waals surface area contributed by atoms with E-state index in [9.17, 15) is 13.5 Å². The number of hydrogen-bond acceptors (Lipinski definition) is 4. The van der Waals surface area contributed by atoms with Gasteiger partial charge in [0.05, 0.1) is 19.4 Å². The molecule has 0 aliphatic carbocycles. The smallest absolute Gasteiger partial charge is 0.209 e. The Labute approximate surface area is 174 Å². The number of rotatable bonds is 9. The number of aliphatic imine (C=N–C) groups is 1. The largest absolute Gasteiger partial charge is 0.396 e. The van der Waals surface area contributed by atoms with Crippen LogP contribution in [0.4, 0.5) is 0 Å². The Kier molecular flexibility index (Phi) is 11.3. The Morgan fingerprint density at radius 1 is 1.23 bits per heavy atom. The highest BCUT2D eigenvalue weighted by Crippen LogP contribution is 2.13. The summed E-state index contributed by atoms with van der Waals surface area (Å²) in [4.78, 5) is 4.46. The maximum absolute atomic E-state index is 11.4. The molecule has 1 aromatic rings. The number of benzene rings is 1. The highest BCUT2D eigenvalue weighted by atomic mass is 127. The third kappa shape index (κ3) is 10.3. The molecule has 1 atom stereocenters. The minimum absolute atomic E-state index is 0. The molecule has 0 spiro atoms. The number of aliphatic hydroxyl groups excluding tert-OH is 1. The van der Waals surface area contributed by atoms with E-state index in [0.717, 1.165) is 11.8 Å². The molecule has 0 aliphatic rings. The highest BCUT2D eigenvalue weighted by molar-refractivity contribution is 14.0. The van der Waals surface area contributed by atoms with Gasteiger partial charge in [0, 0.05) is 24.5 Å². The second kappa shape index (κ2) is 11.7. The van der Waals surface area contributed by atoms with Gasteiger partial charge in [-0.2, -0.15) is 0 Å². The Morgan fingerprint density at radius 3 is 2.35 bits per heavy atom. The van der Waals surface area contributed by atoms with Crippen molar-refractivity contribution in [3.05, 3.63) is 35.9 Å². The van der Waals surface area contributed by atoms with Gasteiger partial charge in [-0.15, -0.1) is 24.0 Å². The molecule has 0 bridgehead atoms. The summed E-state index contributed by atoms with van der Waals surface area (Å²) in [5.41, 5.74) is 0.360. The van der Waals surface area contributed by atoms with Crippen LogP contribution in [0, 0.1) is 0 Å². The van der Waals surface area contributed by atoms with Gasteiger partial charge in [-0.25, -0.2) is 13.1 Å². The van der Waals surface area contributed by atoms with Crippen LogP contribution in [0.15, 0.2) is 35.3 Å². The lowest BCUT2D eigenvalue weighted by Crippen LogP contribution is -2.47. The Balaban J connectivity index is 0.00000625. The van der Waals surface area contributed by atoms with E-state index in [2.05, 4.69) is 20.3 Å². The SMILES string of the molecule is CCNC(=NCC(C)(C)NS(C)(=O)=O)NCC(CO)c1ccccc1.I. The van der Waals surface area contributed by atoms with E-state index in [1.165, 1.54) is 0 Å². The summed E-state index contributed by atoms with van der Waals surface area (Å²) < 4.78 is 25.4. The molecule has 7 nitrogen and oxygen atoms in total. The van der Waals surface area contributed by atoms with Gasteiger partial charge in [0.25, 0.3) is 0 Å². The fraction of sp³-hybridized carbons (Fsp3) is 0.588. The van der Waals surface area contributed by atoms with Crippen molar-refractivity contribution in [2.45, 2.75) is 32.2 Å². The molecule has 9 heteroatoms. The molecule has 1 unspecified atom stereocenters. The zero-order valence-electron chi connectivity index (χ0n) is 15.8. The summed E-state index contributed by atoms with van der Waals surface area (Å²) >= 11 is 0. The second-order valence-electron chi connectivity index (χ2n) is 6.62. The average molecular weight is 498 g/mol. The summed E-state index contributed by atoms with van der Waals surface area (Å²) in [7, 11) is -3.30. The van der Waals surface area contributed by atoms with E-state index >= 15 is 0 Å². The molecule has 0 fully saturated rings. The quantitative estimate of drug-likeness (QED) is 0.233. The number of sulfonamides is 1. The van der Waals surface area contributed by atoms with Crippen molar-refractivity contribution in [1.29, 1.82) is 0 Å². The van der Waals surface area contributed by atoms with E-state index in [4.69, 9.17) is 0 Å². The monoisotopic (exact) mass is 498 g/mol. The molecule has 0 heterocycles. The minimum atomic E-state index is -3.30. The van der Waals surface area contributed by atoms with E-state index < -0.39 is 15.6 Å². The maximum atomic E-state index is 11.4. The van der Waals surface area contributed by atoms with Crippen LogP contribution < -0.4 is 15.4 Å². The van der Waals surface area contributed by atoms with E-state index in [-0.39, 0.29) is 43.0 Å². The number of guanidine groups is 1. The van der Waals surface area contributed by atoms with Gasteiger partial charge in [0.1, 0.15) is 0 Å². The van der Waals surface area contributed by atoms with Gasteiger partial charge in [0.2, 0.25) is 10.0 Å². The van der Waals surface area contributed by atoms with Crippen LogP contribution in [0.5, 0.6) is 0 Å². The van der Waals surface area contributed by atoms with Crippen molar-refractivity contribution in [2.24, 2.45) is 4.99 Å². The zero-order valence-corrected chi connectivity index (χ0v) is 19.0. The van der Waals surface area contributed by atoms with Gasteiger partial charge >= 0.3 is 0 Å². The van der Waals surface area contributed by atoms with Gasteiger partial charge in [-0.1, -0.05) is 30.3 Å². The van der Waals surface area contributed by atoms with Crippen LogP contribution in [-0.2, 0) is 10.0 Å². The Morgan fingerprint density at radius 2 is 1.85 bits per heavy atom. The number of nitrogens with zero attached hydrogens (tertiary/aromatic N) is 1. The molecule has 0 aromatic heterocycles. The predicted molar refractivity (Wildman–Crippen MR) is 118 cm³/mol. The topological polar surface area (TPSA) is 103 Å². The first kappa shape index (κ1) is 25.1. The fourth-order valence-electron chi connectivity index (χ4n) is 2.39. The summed E-state index contributed by atoms with van der Waals surface area (Å²) in [6.45, 7) is 7.02. The van der Waals surface area contributed by atoms with Crippen LogP contribution in [0.1, 0.15) is 32.3 Å². The lowest BCUT2D eigenvalue weighted by atomic mass is 10.0. The Hall–Kier alpha value is -0.910. The molecular formula is C17H31IN4O3S. The van der Waals surface area contributed by atoms with Crippen LogP contribution in [0.25, 0.3) is 0 Å². The highest BCUT2D eigenvalue weighted by Gasteiger charge is 2.22. The first-order valence-corrected chi connectivity index (χ1v) is 10.2. The van der Waals surface area contributed by atoms with Crippen molar-refractivity contribution in [3.8, 4) is 0 Å². The average Bonchev–Trinajstić information content (AvgIpc) is 2.52. The second-order valence-corrected chi connectivity index (χ2v) is 8.37. The molecule has 0 aliphatic heterocycles. The molecular weight excluding hydrogens is 467 g/mol. The van der Waals surface area contributed by atoms with Crippen molar-refractivity contribution in [1.82, 2.24) is 15.4 Å². The third-order valence-electron chi connectivity index (χ3n) is 3.45. The van der Waals surface area contributed by atoms with Gasteiger partial charge in [-0.3, -0.25) is 4.99 Å². The molecule has 0 saturated heterocycles. The molecule has 0 amide bonds. The molecule has 1 aromatic carbocycles. The number of halogens is 1. The predicted octanol–water partition coefficient (Wildman–Crippen LogP) is 1.26. The van der Waals surface area contributed by atoms with Crippen LogP contribution in [0.2, 0.25) is 0 Å². The van der Waals surface area contributed by atoms with E-state index in [1.807, 2.05) is 37.3 Å². The van der Waals surface area contributed by atoms with Crippen molar-refractivity contribution in [3.63, 3.8) is 0 Å². The first-order chi connectivity index (χ1) is 11.7. The number of hydrogen-bond donors (Lipinski definition) is 4.